The van der Waals surface area contributed by atoms with E-state index < -0.39 is 0 Å². The van der Waals surface area contributed by atoms with Crippen molar-refractivity contribution in [1.82, 2.24) is 34.4 Å². The molecule has 0 spiro atoms. The van der Waals surface area contributed by atoms with Gasteiger partial charge in [-0.2, -0.15) is 0 Å². The number of benzene rings is 1. The van der Waals surface area contributed by atoms with Gasteiger partial charge in [-0.3, -0.25) is 0 Å². The van der Waals surface area contributed by atoms with Crippen molar-refractivity contribution in [2.75, 3.05) is 18.4 Å². The zero-order chi connectivity index (χ0) is 22.9. The molecule has 1 fully saturated rings. The zero-order valence-corrected chi connectivity index (χ0v) is 20.0. The van der Waals surface area contributed by atoms with Crippen LogP contribution in [0.15, 0.2) is 36.9 Å². The van der Waals surface area contributed by atoms with E-state index >= 15 is 0 Å². The van der Waals surface area contributed by atoms with E-state index in [1.807, 2.05) is 39.1 Å². The Kier molecular flexibility index (Phi) is 8.56. The molecule has 4 aromatic rings. The van der Waals surface area contributed by atoms with Crippen molar-refractivity contribution in [3.63, 3.8) is 0 Å². The molecule has 1 aliphatic rings. The monoisotopic (exact) mass is 436 g/mol. The number of imidazole rings is 2. The lowest BCUT2D eigenvalue weighted by Crippen LogP contribution is -2.35. The second-order valence-corrected chi connectivity index (χ2v) is 7.94. The van der Waals surface area contributed by atoms with Crippen molar-refractivity contribution in [2.24, 2.45) is 7.05 Å². The van der Waals surface area contributed by atoms with Gasteiger partial charge in [-0.05, 0) is 51.9 Å². The van der Waals surface area contributed by atoms with Crippen LogP contribution in [0.2, 0.25) is 0 Å². The fourth-order valence-corrected chi connectivity index (χ4v) is 3.85. The van der Waals surface area contributed by atoms with Crippen LogP contribution in [0.1, 0.15) is 52.8 Å². The van der Waals surface area contributed by atoms with E-state index in [-0.39, 0.29) is 0 Å². The molecular formula is C24H36N8. The molecule has 0 amide bonds. The summed E-state index contributed by atoms with van der Waals surface area (Å²) in [4.78, 5) is 22.7. The van der Waals surface area contributed by atoms with Gasteiger partial charge in [0.1, 0.15) is 17.7 Å². The number of piperidine rings is 1. The summed E-state index contributed by atoms with van der Waals surface area (Å²) in [5.41, 5.74) is 3.56. The molecule has 5 rings (SSSR count). The Morgan fingerprint density at radius 3 is 2.47 bits per heavy atom. The molecule has 0 aliphatic carbocycles. The van der Waals surface area contributed by atoms with E-state index in [9.17, 15) is 0 Å². The van der Waals surface area contributed by atoms with Gasteiger partial charge < -0.3 is 19.8 Å². The maximum absolute atomic E-state index is 4.63. The average molecular weight is 437 g/mol. The molecule has 0 bridgehead atoms. The zero-order valence-electron chi connectivity index (χ0n) is 20.0. The van der Waals surface area contributed by atoms with Crippen LogP contribution >= 0.6 is 0 Å². The number of fused-ring (bicyclic) bond motifs is 2. The number of rotatable bonds is 4. The minimum Gasteiger partial charge on any atom is -0.361 e. The molecule has 8 nitrogen and oxygen atoms in total. The predicted molar refractivity (Wildman–Crippen MR) is 132 cm³/mol. The number of H-pyrrole nitrogens is 1. The number of nitrogens with one attached hydrogen (secondary N) is 2. The van der Waals surface area contributed by atoms with Crippen LogP contribution in [0.3, 0.4) is 0 Å². The summed E-state index contributed by atoms with van der Waals surface area (Å²) in [6.45, 7) is 11.8. The van der Waals surface area contributed by atoms with Crippen LogP contribution < -0.4 is 5.32 Å². The number of likely N-dealkylation sites (tertiary alicyclic amines) is 1. The van der Waals surface area contributed by atoms with Gasteiger partial charge in [0.25, 0.3) is 0 Å². The van der Waals surface area contributed by atoms with Crippen LogP contribution in [0.5, 0.6) is 0 Å². The SMILES string of the molecule is CC.CC(C)N1CCCCC1.Cn1c(CNc2ncnc3nc[nH]c23)nc2ccccc21. The molecule has 1 aromatic carbocycles. The maximum atomic E-state index is 4.63. The Hall–Kier alpha value is -3.00. The van der Waals surface area contributed by atoms with Gasteiger partial charge >= 0.3 is 0 Å². The van der Waals surface area contributed by atoms with E-state index in [0.29, 0.717) is 12.2 Å². The van der Waals surface area contributed by atoms with Crippen LogP contribution in [0.4, 0.5) is 5.82 Å². The van der Waals surface area contributed by atoms with Gasteiger partial charge in [0.15, 0.2) is 11.5 Å². The summed E-state index contributed by atoms with van der Waals surface area (Å²) in [6.07, 6.45) is 7.39. The van der Waals surface area contributed by atoms with Crippen molar-refractivity contribution < 1.29 is 0 Å². The molecule has 4 heterocycles. The first kappa shape index (κ1) is 23.7. The van der Waals surface area contributed by atoms with E-state index in [2.05, 4.69) is 59.6 Å². The number of aromatic amines is 1. The van der Waals surface area contributed by atoms with Crippen LogP contribution in [-0.4, -0.2) is 53.5 Å². The number of aryl methyl sites for hydroxylation is 1. The first-order valence-corrected chi connectivity index (χ1v) is 11.7. The lowest BCUT2D eigenvalue weighted by atomic mass is 10.1. The molecule has 172 valence electrons. The van der Waals surface area contributed by atoms with Gasteiger partial charge in [0.2, 0.25) is 0 Å². The maximum Gasteiger partial charge on any atom is 0.182 e. The van der Waals surface area contributed by atoms with Crippen molar-refractivity contribution in [3.8, 4) is 0 Å². The van der Waals surface area contributed by atoms with Gasteiger partial charge in [0.05, 0.1) is 23.9 Å². The predicted octanol–water partition coefficient (Wildman–Crippen LogP) is 4.76. The van der Waals surface area contributed by atoms with Gasteiger partial charge in [0, 0.05) is 13.1 Å². The molecule has 32 heavy (non-hydrogen) atoms. The van der Waals surface area contributed by atoms with Gasteiger partial charge in [-0.1, -0.05) is 32.4 Å². The standard InChI is InChI=1S/C14H13N7.C8H17N.C2H6/c1-21-10-5-3-2-4-9(10)20-11(21)6-15-13-12-14(17-7-16-12)19-8-18-13;1-8(2)9-6-4-3-5-7-9;1-2/h2-5,7-8H,6H2,1H3,(H2,15,16,17,18,19);8H,3-7H2,1-2H3;1-2H3. The number of hydrogen-bond donors (Lipinski definition) is 2. The van der Waals surface area contributed by atoms with E-state index in [1.165, 1.54) is 38.7 Å². The largest absolute Gasteiger partial charge is 0.361 e. The van der Waals surface area contributed by atoms with Crippen molar-refractivity contribution >= 4 is 28.0 Å². The highest BCUT2D eigenvalue weighted by molar-refractivity contribution is 5.82. The Labute approximate surface area is 190 Å². The lowest BCUT2D eigenvalue weighted by Gasteiger charge is -2.29. The molecule has 1 aliphatic heterocycles. The second-order valence-electron chi connectivity index (χ2n) is 7.94. The number of para-hydroxylation sites is 2. The number of hydrogen-bond acceptors (Lipinski definition) is 6. The Bertz CT molecular complexity index is 1090. The summed E-state index contributed by atoms with van der Waals surface area (Å²) >= 11 is 0. The fraction of sp³-hybridized carbons (Fsp3) is 0.500. The Morgan fingerprint density at radius 1 is 1.03 bits per heavy atom. The third kappa shape index (κ3) is 5.62. The highest BCUT2D eigenvalue weighted by Gasteiger charge is 2.12. The summed E-state index contributed by atoms with van der Waals surface area (Å²) in [6, 6.07) is 8.84. The van der Waals surface area contributed by atoms with E-state index in [1.54, 1.807) is 6.33 Å². The average Bonchev–Trinajstić information content (AvgIpc) is 3.45. The van der Waals surface area contributed by atoms with Crippen LogP contribution in [0, 0.1) is 0 Å². The van der Waals surface area contributed by atoms with Crippen LogP contribution in [0.25, 0.3) is 22.2 Å². The molecule has 0 radical (unpaired) electrons. The summed E-state index contributed by atoms with van der Waals surface area (Å²) < 4.78 is 2.08. The van der Waals surface area contributed by atoms with E-state index in [4.69, 9.17) is 0 Å². The van der Waals surface area contributed by atoms with Gasteiger partial charge in [-0.15, -0.1) is 0 Å². The highest BCUT2D eigenvalue weighted by Crippen LogP contribution is 2.18. The van der Waals surface area contributed by atoms with Gasteiger partial charge in [-0.25, -0.2) is 19.9 Å². The smallest absolute Gasteiger partial charge is 0.182 e. The third-order valence-electron chi connectivity index (χ3n) is 5.64. The number of nitrogens with zero attached hydrogens (tertiary/aromatic N) is 6. The van der Waals surface area contributed by atoms with Crippen molar-refractivity contribution in [1.29, 1.82) is 0 Å². The summed E-state index contributed by atoms with van der Waals surface area (Å²) in [5, 5.41) is 3.29. The summed E-state index contributed by atoms with van der Waals surface area (Å²) in [5.74, 6) is 1.67. The normalized spacial score (nSPS) is 14.1. The Balaban J connectivity index is 0.000000222. The van der Waals surface area contributed by atoms with E-state index in [0.717, 1.165) is 34.2 Å². The summed E-state index contributed by atoms with van der Waals surface area (Å²) in [7, 11) is 2.01. The van der Waals surface area contributed by atoms with Crippen molar-refractivity contribution in [2.45, 2.75) is 59.5 Å². The lowest BCUT2D eigenvalue weighted by molar-refractivity contribution is 0.185. The molecule has 0 atom stereocenters. The molecule has 2 N–H and O–H groups in total. The minimum atomic E-state index is 0.580. The number of anilines is 1. The first-order chi connectivity index (χ1) is 15.6. The molecule has 1 saturated heterocycles. The molecule has 0 saturated carbocycles. The van der Waals surface area contributed by atoms with Crippen LogP contribution in [-0.2, 0) is 13.6 Å². The molecule has 3 aromatic heterocycles. The molecular weight excluding hydrogens is 400 g/mol. The fourth-order valence-electron chi connectivity index (χ4n) is 3.85. The molecule has 0 unspecified atom stereocenters. The Morgan fingerprint density at radius 2 is 1.78 bits per heavy atom. The minimum absolute atomic E-state index is 0.580. The second kappa shape index (κ2) is 11.6. The van der Waals surface area contributed by atoms with Crippen molar-refractivity contribution in [3.05, 3.63) is 42.7 Å². The molecule has 8 heteroatoms. The third-order valence-corrected chi connectivity index (χ3v) is 5.64. The topological polar surface area (TPSA) is 87.5 Å². The quantitative estimate of drug-likeness (QED) is 0.480. The highest BCUT2D eigenvalue weighted by atomic mass is 15.1. The first-order valence-electron chi connectivity index (χ1n) is 11.7. The number of aromatic nitrogens is 6.